The van der Waals surface area contributed by atoms with Gasteiger partial charge in [-0.15, -0.1) is 35.9 Å². The van der Waals surface area contributed by atoms with E-state index in [1.165, 1.54) is 18.6 Å². The van der Waals surface area contributed by atoms with Crippen molar-refractivity contribution in [2.45, 2.75) is 0 Å². The van der Waals surface area contributed by atoms with Crippen LogP contribution in [0.3, 0.4) is 0 Å². The first-order valence-corrected chi connectivity index (χ1v) is 6.01. The van der Waals surface area contributed by atoms with Crippen molar-refractivity contribution >= 4 is 5.97 Å². The molecule has 0 amide bonds. The molecule has 0 spiro atoms. The minimum absolute atomic E-state index is 0. The summed E-state index contributed by atoms with van der Waals surface area (Å²) in [5, 5.41) is 16.0. The largest absolute Gasteiger partial charge is 0.476 e. The maximum Gasteiger partial charge on any atom is 0.356 e. The van der Waals surface area contributed by atoms with Crippen LogP contribution in [0.25, 0.3) is 11.3 Å². The molecule has 0 aliphatic rings. The average molecular weight is 471 g/mol. The smallest absolute Gasteiger partial charge is 0.356 e. The van der Waals surface area contributed by atoms with Gasteiger partial charge in [0.1, 0.15) is 0 Å². The van der Waals surface area contributed by atoms with E-state index in [9.17, 15) is 4.79 Å². The third-order valence-corrected chi connectivity index (χ3v) is 2.34. The fourth-order valence-electron chi connectivity index (χ4n) is 1.41. The van der Waals surface area contributed by atoms with Crippen molar-refractivity contribution in [2.75, 3.05) is 0 Å². The molecule has 3 rings (SSSR count). The van der Waals surface area contributed by atoms with Crippen molar-refractivity contribution in [1.29, 1.82) is 0 Å². The summed E-state index contributed by atoms with van der Waals surface area (Å²) in [5.41, 5.74) is 1.81. The van der Waals surface area contributed by atoms with E-state index in [0.29, 0.717) is 0 Å². The van der Waals surface area contributed by atoms with E-state index < -0.39 is 5.97 Å². The molecule has 22 heavy (non-hydrogen) atoms. The van der Waals surface area contributed by atoms with Gasteiger partial charge in [-0.2, -0.15) is 5.10 Å². The zero-order valence-corrected chi connectivity index (χ0v) is 13.6. The minimum atomic E-state index is -1.05. The van der Waals surface area contributed by atoms with Gasteiger partial charge in [0.2, 0.25) is 0 Å². The van der Waals surface area contributed by atoms with Crippen LogP contribution in [0.2, 0.25) is 0 Å². The molecule has 0 aliphatic heterocycles. The van der Waals surface area contributed by atoms with Crippen LogP contribution in [-0.2, 0) is 20.1 Å². The van der Waals surface area contributed by atoms with Gasteiger partial charge < -0.3 is 5.11 Å². The van der Waals surface area contributed by atoms with E-state index in [1.807, 2.05) is 36.4 Å². The summed E-state index contributed by atoms with van der Waals surface area (Å²) < 4.78 is 0. The molecule has 0 saturated heterocycles. The van der Waals surface area contributed by atoms with Crippen LogP contribution in [0.4, 0.5) is 0 Å². The Hall–Kier alpha value is -2.50. The maximum atomic E-state index is 10.1. The Labute approximate surface area is 140 Å². The molecule has 0 unspecified atom stereocenters. The monoisotopic (exact) mass is 472 g/mol. The van der Waals surface area contributed by atoms with Gasteiger partial charge in [0.25, 0.3) is 0 Å². The first kappa shape index (κ1) is 17.6. The predicted octanol–water partition coefficient (Wildman–Crippen LogP) is 2.12. The summed E-state index contributed by atoms with van der Waals surface area (Å²) in [6.07, 6.45) is 5.62. The van der Waals surface area contributed by atoms with Gasteiger partial charge >= 0.3 is 5.97 Å². The number of hydrogen-bond donors (Lipinski definition) is 1. The number of hydrogen-bond acceptors (Lipinski definition) is 5. The topological polar surface area (TPSA) is 88.9 Å². The summed E-state index contributed by atoms with van der Waals surface area (Å²) in [6.45, 7) is 0. The molecule has 1 radical (unpaired) electrons. The van der Waals surface area contributed by atoms with E-state index in [4.69, 9.17) is 5.11 Å². The molecule has 2 heterocycles. The Morgan fingerprint density at radius 1 is 1.09 bits per heavy atom. The molecule has 113 valence electrons. The summed E-state index contributed by atoms with van der Waals surface area (Å²) in [5.74, 6) is -1.05. The summed E-state index contributed by atoms with van der Waals surface area (Å²) in [6, 6.07) is 14.6. The fourth-order valence-corrected chi connectivity index (χ4v) is 1.41. The van der Waals surface area contributed by atoms with Crippen LogP contribution in [0.1, 0.15) is 10.5 Å². The maximum absolute atomic E-state index is 10.1. The molecule has 1 N–H and O–H groups in total. The molecule has 0 atom stereocenters. The number of nitrogens with zero attached hydrogens (tertiary/aromatic N) is 4. The zero-order valence-electron chi connectivity index (χ0n) is 11.3. The van der Waals surface area contributed by atoms with Crippen LogP contribution < -0.4 is 0 Å². The molecule has 6 nitrogen and oxygen atoms in total. The second-order valence-electron chi connectivity index (χ2n) is 3.78. The van der Waals surface area contributed by atoms with E-state index in [-0.39, 0.29) is 25.8 Å². The molecule has 0 aliphatic carbocycles. The average Bonchev–Trinajstić information content (AvgIpc) is 2.58. The van der Waals surface area contributed by atoms with Crippen molar-refractivity contribution in [1.82, 2.24) is 20.2 Å². The van der Waals surface area contributed by atoms with Gasteiger partial charge in [-0.25, -0.2) is 14.9 Å². The molecule has 7 heteroatoms. The number of benzene rings is 1. The van der Waals surface area contributed by atoms with Gasteiger partial charge in [-0.3, -0.25) is 4.98 Å². The van der Waals surface area contributed by atoms with E-state index >= 15 is 0 Å². The standard InChI is InChI=1S/C10H7N2.C5H4N2O2.Ir/c1-2-5-9(6-3-1)10-7-4-8-11-12-10;8-5(9)4-3-6-1-2-7-4;/h1-5,7-8H;1-3H,(H,8,9);/q-1;;. The Kier molecular flexibility index (Phi) is 7.53. The molecule has 0 bridgehead atoms. The number of rotatable bonds is 2. The van der Waals surface area contributed by atoms with E-state index in [0.717, 1.165) is 11.3 Å². The Morgan fingerprint density at radius 3 is 2.45 bits per heavy atom. The van der Waals surface area contributed by atoms with Crippen LogP contribution >= 0.6 is 0 Å². The van der Waals surface area contributed by atoms with E-state index in [2.05, 4.69) is 26.2 Å². The van der Waals surface area contributed by atoms with Crippen molar-refractivity contribution < 1.29 is 30.0 Å². The Balaban J connectivity index is 0.000000219. The third kappa shape index (κ3) is 5.47. The van der Waals surface area contributed by atoms with Crippen LogP contribution in [0, 0.1) is 6.07 Å². The number of carboxylic acid groups (broad SMARTS) is 1. The van der Waals surface area contributed by atoms with Gasteiger partial charge in [0.05, 0.1) is 6.20 Å². The molecular formula is C15H11IrN4O2-. The summed E-state index contributed by atoms with van der Waals surface area (Å²) in [7, 11) is 0. The Morgan fingerprint density at radius 2 is 1.95 bits per heavy atom. The van der Waals surface area contributed by atoms with Crippen molar-refractivity contribution in [3.63, 3.8) is 0 Å². The van der Waals surface area contributed by atoms with Gasteiger partial charge in [0.15, 0.2) is 5.69 Å². The first-order chi connectivity index (χ1) is 10.3. The SMILES string of the molecule is O=C(O)c1cnccn1.[Ir].[c-]1ccccc1-c1cccnn1. The minimum Gasteiger partial charge on any atom is -0.476 e. The number of aromatic carboxylic acids is 1. The molecule has 0 saturated carbocycles. The first-order valence-electron chi connectivity index (χ1n) is 6.01. The van der Waals surface area contributed by atoms with Gasteiger partial charge in [0, 0.05) is 44.4 Å². The van der Waals surface area contributed by atoms with E-state index in [1.54, 1.807) is 6.20 Å². The van der Waals surface area contributed by atoms with Crippen molar-refractivity contribution in [3.8, 4) is 11.3 Å². The van der Waals surface area contributed by atoms with Gasteiger partial charge in [-0.05, 0) is 6.07 Å². The Bertz CT molecular complexity index is 644. The van der Waals surface area contributed by atoms with Crippen molar-refractivity contribution in [3.05, 3.63) is 72.9 Å². The molecule has 3 aromatic rings. The number of carbonyl (C=O) groups is 1. The zero-order chi connectivity index (χ0) is 14.9. The molecule has 0 fully saturated rings. The predicted molar refractivity (Wildman–Crippen MR) is 75.3 cm³/mol. The summed E-state index contributed by atoms with van der Waals surface area (Å²) in [4.78, 5) is 17.2. The second-order valence-corrected chi connectivity index (χ2v) is 3.78. The summed E-state index contributed by atoms with van der Waals surface area (Å²) >= 11 is 0. The van der Waals surface area contributed by atoms with Gasteiger partial charge in [-0.1, -0.05) is 6.07 Å². The van der Waals surface area contributed by atoms with Crippen LogP contribution in [0.5, 0.6) is 0 Å². The van der Waals surface area contributed by atoms with Crippen molar-refractivity contribution in [2.24, 2.45) is 0 Å². The quantitative estimate of drug-likeness (QED) is 0.576. The van der Waals surface area contributed by atoms with Crippen LogP contribution in [0.15, 0.2) is 61.2 Å². The molecule has 2 aromatic heterocycles. The third-order valence-electron chi connectivity index (χ3n) is 2.34. The fraction of sp³-hybridized carbons (Fsp3) is 0. The molecular weight excluding hydrogens is 460 g/mol. The normalized spacial score (nSPS) is 8.91. The molecule has 1 aromatic carbocycles. The van der Waals surface area contributed by atoms with Crippen LogP contribution in [-0.4, -0.2) is 31.2 Å². The number of carboxylic acids is 1. The number of aromatic nitrogens is 4. The second kappa shape index (κ2) is 9.44.